The van der Waals surface area contributed by atoms with E-state index in [1.165, 1.54) is 0 Å². The molecule has 166 valence electrons. The van der Waals surface area contributed by atoms with E-state index in [2.05, 4.69) is 22.3 Å². The first-order chi connectivity index (χ1) is 15.5. The van der Waals surface area contributed by atoms with E-state index in [9.17, 15) is 9.59 Å². The fourth-order valence-corrected chi connectivity index (χ4v) is 4.31. The molecule has 1 aliphatic rings. The minimum absolute atomic E-state index is 0.101. The van der Waals surface area contributed by atoms with E-state index < -0.39 is 5.91 Å². The average molecular weight is 434 g/mol. The van der Waals surface area contributed by atoms with Crippen LogP contribution in [0.2, 0.25) is 0 Å². The van der Waals surface area contributed by atoms with Gasteiger partial charge in [-0.2, -0.15) is 0 Å². The van der Waals surface area contributed by atoms with Gasteiger partial charge in [0.2, 0.25) is 5.91 Å². The minimum atomic E-state index is -0.400. The van der Waals surface area contributed by atoms with Crippen LogP contribution in [0.4, 0.5) is 0 Å². The summed E-state index contributed by atoms with van der Waals surface area (Å²) >= 11 is 0. The Hall–Kier alpha value is -3.58. The zero-order valence-electron chi connectivity index (χ0n) is 18.5. The molecule has 2 heterocycles. The molecule has 7 heteroatoms. The molecule has 0 bridgehead atoms. The number of aromatic nitrogens is 1. The number of methoxy groups -OCH3 is 2. The fraction of sp³-hybridized carbons (Fsp3) is 0.280. The van der Waals surface area contributed by atoms with Crippen LogP contribution in [0.1, 0.15) is 33.2 Å². The van der Waals surface area contributed by atoms with Crippen LogP contribution in [-0.4, -0.2) is 48.6 Å². The van der Waals surface area contributed by atoms with Crippen molar-refractivity contribution < 1.29 is 19.1 Å². The third-order valence-electron chi connectivity index (χ3n) is 5.86. The van der Waals surface area contributed by atoms with Gasteiger partial charge < -0.3 is 14.0 Å². The molecule has 4 rings (SSSR count). The number of amides is 2. The van der Waals surface area contributed by atoms with Gasteiger partial charge in [0, 0.05) is 19.8 Å². The molecule has 3 aromatic rings. The lowest BCUT2D eigenvalue weighted by atomic mass is 9.87. The molecule has 7 nitrogen and oxygen atoms in total. The second kappa shape index (κ2) is 9.28. The third kappa shape index (κ3) is 4.24. The van der Waals surface area contributed by atoms with Crippen molar-refractivity contribution in [3.05, 3.63) is 83.2 Å². The number of imide groups is 1. The number of carbonyl (C=O) groups is 2. The smallest absolute Gasteiger partial charge is 0.274 e. The van der Waals surface area contributed by atoms with Crippen molar-refractivity contribution in [3.8, 4) is 11.5 Å². The van der Waals surface area contributed by atoms with Gasteiger partial charge in [0.05, 0.1) is 26.8 Å². The first-order valence-corrected chi connectivity index (χ1v) is 10.5. The number of hydrogen-bond acceptors (Lipinski definition) is 5. The number of ether oxygens (including phenoxy) is 2. The molecule has 2 amide bonds. The zero-order valence-corrected chi connectivity index (χ0v) is 18.5. The van der Waals surface area contributed by atoms with Gasteiger partial charge in [-0.25, -0.2) is 0 Å². The molecular formula is C25H27N3O4. The summed E-state index contributed by atoms with van der Waals surface area (Å²) in [6.07, 6.45) is 2.53. The van der Waals surface area contributed by atoms with Gasteiger partial charge in [-0.1, -0.05) is 30.3 Å². The maximum Gasteiger partial charge on any atom is 0.274 e. The van der Waals surface area contributed by atoms with E-state index in [4.69, 9.17) is 9.47 Å². The Bertz CT molecular complexity index is 1120. The number of hydrogen-bond donors (Lipinski definition) is 1. The van der Waals surface area contributed by atoms with Crippen molar-refractivity contribution in [3.63, 3.8) is 0 Å². The van der Waals surface area contributed by atoms with Crippen LogP contribution in [0.25, 0.3) is 0 Å². The first kappa shape index (κ1) is 21.6. The van der Waals surface area contributed by atoms with Crippen LogP contribution in [-0.2, 0) is 18.3 Å². The summed E-state index contributed by atoms with van der Waals surface area (Å²) in [6, 6.07) is 17.4. The Kier molecular flexibility index (Phi) is 6.28. The van der Waals surface area contributed by atoms with Gasteiger partial charge in [0.25, 0.3) is 5.91 Å². The SMILES string of the molecule is COc1cc2c(cc1OC)[C@H](c1ccccc1)N(CC(=O)NC(=O)c1cccn1C)CC2. The Morgan fingerprint density at radius 2 is 1.75 bits per heavy atom. The highest BCUT2D eigenvalue weighted by Gasteiger charge is 2.32. The molecular weight excluding hydrogens is 406 g/mol. The number of benzene rings is 2. The van der Waals surface area contributed by atoms with Crippen LogP contribution in [0.3, 0.4) is 0 Å². The zero-order chi connectivity index (χ0) is 22.7. The van der Waals surface area contributed by atoms with E-state index in [1.54, 1.807) is 44.2 Å². The fourth-order valence-electron chi connectivity index (χ4n) is 4.31. The van der Waals surface area contributed by atoms with Gasteiger partial charge in [0.15, 0.2) is 11.5 Å². The molecule has 32 heavy (non-hydrogen) atoms. The number of fused-ring (bicyclic) bond motifs is 1. The molecule has 1 atom stereocenters. The molecule has 1 N–H and O–H groups in total. The summed E-state index contributed by atoms with van der Waals surface area (Å²) in [5.41, 5.74) is 3.75. The van der Waals surface area contributed by atoms with Gasteiger partial charge in [-0.05, 0) is 47.4 Å². The Morgan fingerprint density at radius 3 is 2.41 bits per heavy atom. The lowest BCUT2D eigenvalue weighted by Crippen LogP contribution is -2.44. The highest BCUT2D eigenvalue weighted by atomic mass is 16.5. The molecule has 0 fully saturated rings. The standard InChI is InChI=1S/C25H27N3O4/c1-27-12-7-10-20(27)25(30)26-23(29)16-28-13-11-18-14-21(31-2)22(32-3)15-19(18)24(28)17-8-5-4-6-9-17/h4-10,12,14-15,24H,11,13,16H2,1-3H3,(H,26,29,30)/t24-/m0/s1. The van der Waals surface area contributed by atoms with Crippen molar-refractivity contribution >= 4 is 11.8 Å². The maximum absolute atomic E-state index is 12.8. The van der Waals surface area contributed by atoms with Crippen molar-refractivity contribution in [1.29, 1.82) is 0 Å². The molecule has 0 saturated heterocycles. The van der Waals surface area contributed by atoms with Crippen molar-refractivity contribution in [2.24, 2.45) is 7.05 Å². The van der Waals surface area contributed by atoms with Gasteiger partial charge in [-0.3, -0.25) is 19.8 Å². The second-order valence-corrected chi connectivity index (χ2v) is 7.82. The normalized spacial score (nSPS) is 15.7. The number of nitrogens with one attached hydrogen (secondary N) is 1. The second-order valence-electron chi connectivity index (χ2n) is 7.82. The summed E-state index contributed by atoms with van der Waals surface area (Å²) in [5, 5.41) is 2.52. The summed E-state index contributed by atoms with van der Waals surface area (Å²) < 4.78 is 12.7. The largest absolute Gasteiger partial charge is 0.493 e. The molecule has 1 aliphatic heterocycles. The maximum atomic E-state index is 12.8. The average Bonchev–Trinajstić information content (AvgIpc) is 3.24. The number of carbonyl (C=O) groups excluding carboxylic acids is 2. The molecule has 2 aromatic carbocycles. The highest BCUT2D eigenvalue weighted by Crippen LogP contribution is 2.40. The summed E-state index contributed by atoms with van der Waals surface area (Å²) in [4.78, 5) is 27.4. The van der Waals surface area contributed by atoms with E-state index in [0.29, 0.717) is 23.7 Å². The van der Waals surface area contributed by atoms with Crippen molar-refractivity contribution in [1.82, 2.24) is 14.8 Å². The molecule has 0 radical (unpaired) electrons. The Labute approximate surface area is 187 Å². The number of rotatable bonds is 6. The van der Waals surface area contributed by atoms with E-state index >= 15 is 0 Å². The van der Waals surface area contributed by atoms with Gasteiger partial charge in [-0.15, -0.1) is 0 Å². The van der Waals surface area contributed by atoms with Crippen molar-refractivity contribution in [2.75, 3.05) is 27.3 Å². The predicted molar refractivity (Wildman–Crippen MR) is 121 cm³/mol. The van der Waals surface area contributed by atoms with Crippen LogP contribution in [0.5, 0.6) is 11.5 Å². The molecule has 0 saturated carbocycles. The molecule has 1 aromatic heterocycles. The topological polar surface area (TPSA) is 72.8 Å². The van der Waals surface area contributed by atoms with Crippen LogP contribution in [0, 0.1) is 0 Å². The Balaban J connectivity index is 1.63. The summed E-state index contributed by atoms with van der Waals surface area (Å²) in [6.45, 7) is 0.775. The van der Waals surface area contributed by atoms with Gasteiger partial charge >= 0.3 is 0 Å². The number of aryl methyl sites for hydroxylation is 1. The van der Waals surface area contributed by atoms with Crippen LogP contribution >= 0.6 is 0 Å². The van der Waals surface area contributed by atoms with E-state index in [0.717, 1.165) is 23.1 Å². The Morgan fingerprint density at radius 1 is 1.03 bits per heavy atom. The molecule has 0 unspecified atom stereocenters. The lowest BCUT2D eigenvalue weighted by molar-refractivity contribution is -0.121. The molecule has 0 aliphatic carbocycles. The summed E-state index contributed by atoms with van der Waals surface area (Å²) in [7, 11) is 5.02. The number of nitrogens with zero attached hydrogens (tertiary/aromatic N) is 2. The van der Waals surface area contributed by atoms with E-state index in [-0.39, 0.29) is 18.5 Å². The minimum Gasteiger partial charge on any atom is -0.493 e. The monoisotopic (exact) mass is 433 g/mol. The van der Waals surface area contributed by atoms with Crippen LogP contribution < -0.4 is 14.8 Å². The van der Waals surface area contributed by atoms with Crippen molar-refractivity contribution in [2.45, 2.75) is 12.5 Å². The quantitative estimate of drug-likeness (QED) is 0.647. The summed E-state index contributed by atoms with van der Waals surface area (Å²) in [5.74, 6) is 0.610. The predicted octanol–water partition coefficient (Wildman–Crippen LogP) is 2.95. The lowest BCUT2D eigenvalue weighted by Gasteiger charge is -2.37. The first-order valence-electron chi connectivity index (χ1n) is 10.5. The third-order valence-corrected chi connectivity index (χ3v) is 5.86. The van der Waals surface area contributed by atoms with Crippen LogP contribution in [0.15, 0.2) is 60.8 Å². The molecule has 0 spiro atoms. The van der Waals surface area contributed by atoms with E-state index in [1.807, 2.05) is 30.3 Å². The highest BCUT2D eigenvalue weighted by molar-refractivity contribution is 6.04. The van der Waals surface area contributed by atoms with Gasteiger partial charge in [0.1, 0.15) is 5.69 Å².